The lowest BCUT2D eigenvalue weighted by Crippen LogP contribution is -2.52. The predicted molar refractivity (Wildman–Crippen MR) is 132 cm³/mol. The zero-order valence-electron chi connectivity index (χ0n) is 20.0. The second-order valence-electron chi connectivity index (χ2n) is 11.1. The predicted octanol–water partition coefficient (Wildman–Crippen LogP) is 6.19. The maximum Gasteiger partial charge on any atom is 0.324 e. The van der Waals surface area contributed by atoms with Gasteiger partial charge in [-0.05, 0) is 61.9 Å². The molecule has 0 amide bonds. The highest BCUT2D eigenvalue weighted by molar-refractivity contribution is 6.31. The van der Waals surface area contributed by atoms with Crippen LogP contribution in [0.1, 0.15) is 65.0 Å². The van der Waals surface area contributed by atoms with Crippen molar-refractivity contribution in [1.82, 2.24) is 5.32 Å². The molecule has 4 atom stereocenters. The molecule has 1 fully saturated rings. The number of carbonyl (C=O) groups is 1. The summed E-state index contributed by atoms with van der Waals surface area (Å²) in [6.07, 6.45) is 0.643. The lowest BCUT2D eigenvalue weighted by molar-refractivity contribution is -0.157. The van der Waals surface area contributed by atoms with Gasteiger partial charge in [0.1, 0.15) is 17.5 Å². The van der Waals surface area contributed by atoms with E-state index in [1.165, 1.54) is 6.07 Å². The van der Waals surface area contributed by atoms with Gasteiger partial charge in [-0.1, -0.05) is 68.2 Å². The number of hydrogen-bond donors (Lipinski definition) is 2. The number of ether oxygens (including phenoxy) is 1. The molecule has 180 valence electrons. The number of benzene rings is 2. The number of nitrogens with two attached hydrogens (primary N) is 1. The van der Waals surface area contributed by atoms with E-state index in [1.807, 2.05) is 12.1 Å². The number of esters is 1. The Bertz CT molecular complexity index is 1010. The summed E-state index contributed by atoms with van der Waals surface area (Å²) in [6.45, 7) is 11.7. The first-order valence-electron chi connectivity index (χ1n) is 11.1. The largest absolute Gasteiger partial charge is 0.459 e. The van der Waals surface area contributed by atoms with Crippen molar-refractivity contribution in [2.24, 2.45) is 11.1 Å². The monoisotopic (exact) mass is 494 g/mol. The van der Waals surface area contributed by atoms with E-state index in [-0.39, 0.29) is 22.0 Å². The summed E-state index contributed by atoms with van der Waals surface area (Å²) in [6, 6.07) is 10.8. The van der Waals surface area contributed by atoms with Crippen LogP contribution in [0.3, 0.4) is 0 Å². The number of hydrogen-bond acceptors (Lipinski definition) is 4. The average Bonchev–Trinajstić information content (AvgIpc) is 2.95. The molecule has 0 aliphatic carbocycles. The number of carbonyl (C=O) groups excluding carboxylic acids is 1. The molecule has 4 nitrogen and oxygen atoms in total. The van der Waals surface area contributed by atoms with Gasteiger partial charge in [-0.3, -0.25) is 10.1 Å². The van der Waals surface area contributed by atoms with Gasteiger partial charge < -0.3 is 10.5 Å². The molecule has 33 heavy (non-hydrogen) atoms. The lowest BCUT2D eigenvalue weighted by atomic mass is 9.68. The zero-order chi connectivity index (χ0) is 24.8. The Morgan fingerprint density at radius 3 is 2.24 bits per heavy atom. The minimum absolute atomic E-state index is 0.0202. The summed E-state index contributed by atoms with van der Waals surface area (Å²) >= 11 is 12.3. The van der Waals surface area contributed by atoms with Gasteiger partial charge in [0.15, 0.2) is 0 Å². The highest BCUT2D eigenvalue weighted by Gasteiger charge is 2.58. The summed E-state index contributed by atoms with van der Waals surface area (Å²) < 4.78 is 21.2. The quantitative estimate of drug-likeness (QED) is 0.497. The molecule has 4 unspecified atom stereocenters. The molecule has 1 saturated heterocycles. The van der Waals surface area contributed by atoms with Gasteiger partial charge in [0.2, 0.25) is 0 Å². The fourth-order valence-corrected chi connectivity index (χ4v) is 4.98. The first-order valence-corrected chi connectivity index (χ1v) is 11.9. The summed E-state index contributed by atoms with van der Waals surface area (Å²) in [5.41, 5.74) is 6.31. The molecule has 0 aromatic heterocycles. The van der Waals surface area contributed by atoms with E-state index in [0.717, 1.165) is 5.56 Å². The summed E-state index contributed by atoms with van der Waals surface area (Å²) in [5, 5.41) is 3.97. The van der Waals surface area contributed by atoms with Crippen LogP contribution in [-0.2, 0) is 15.1 Å². The van der Waals surface area contributed by atoms with E-state index in [2.05, 4.69) is 26.1 Å². The number of nitrogens with one attached hydrogen (secondary N) is 1. The second-order valence-corrected chi connectivity index (χ2v) is 11.9. The molecule has 0 radical (unpaired) electrons. The molecule has 1 aliphatic rings. The highest BCUT2D eigenvalue weighted by atomic mass is 35.5. The van der Waals surface area contributed by atoms with Crippen molar-refractivity contribution in [2.45, 2.75) is 77.1 Å². The van der Waals surface area contributed by atoms with Crippen molar-refractivity contribution < 1.29 is 13.9 Å². The van der Waals surface area contributed by atoms with E-state index in [4.69, 9.17) is 33.7 Å². The second kappa shape index (κ2) is 9.18. The van der Waals surface area contributed by atoms with Crippen molar-refractivity contribution in [2.75, 3.05) is 0 Å². The third kappa shape index (κ3) is 5.54. The number of rotatable bonds is 4. The summed E-state index contributed by atoms with van der Waals surface area (Å²) in [7, 11) is 0. The van der Waals surface area contributed by atoms with E-state index >= 15 is 4.39 Å². The summed E-state index contributed by atoms with van der Waals surface area (Å²) in [5.74, 6) is -1.83. The molecule has 2 aromatic carbocycles. The first-order chi connectivity index (χ1) is 15.1. The topological polar surface area (TPSA) is 64.3 Å². The van der Waals surface area contributed by atoms with Crippen LogP contribution in [0.5, 0.6) is 0 Å². The Morgan fingerprint density at radius 1 is 1.09 bits per heavy atom. The zero-order valence-corrected chi connectivity index (χ0v) is 21.5. The number of halogens is 3. The smallest absolute Gasteiger partial charge is 0.324 e. The van der Waals surface area contributed by atoms with Crippen LogP contribution in [0.15, 0.2) is 42.5 Å². The van der Waals surface area contributed by atoms with Crippen LogP contribution in [0.25, 0.3) is 0 Å². The van der Waals surface area contributed by atoms with Crippen LogP contribution in [0, 0.1) is 11.2 Å². The van der Waals surface area contributed by atoms with E-state index in [9.17, 15) is 4.79 Å². The molecule has 0 bridgehead atoms. The molecule has 2 aromatic rings. The van der Waals surface area contributed by atoms with Gasteiger partial charge in [-0.15, -0.1) is 0 Å². The Labute approximate surface area is 206 Å². The third-order valence-corrected chi connectivity index (χ3v) is 6.49. The van der Waals surface area contributed by atoms with Gasteiger partial charge in [-0.2, -0.15) is 0 Å². The Morgan fingerprint density at radius 2 is 1.70 bits per heavy atom. The SMILES string of the molecule is CC(C)(C)CC1NC(C(=O)OC(C)(C)C)C(c2cccc(Cl)c2F)C1(N)c1ccc(Cl)cc1. The normalized spacial score (nSPS) is 25.8. The molecular weight excluding hydrogens is 462 g/mol. The van der Waals surface area contributed by atoms with E-state index in [1.54, 1.807) is 45.0 Å². The van der Waals surface area contributed by atoms with Crippen molar-refractivity contribution in [3.05, 3.63) is 69.5 Å². The van der Waals surface area contributed by atoms with Gasteiger partial charge >= 0.3 is 5.97 Å². The maximum absolute atomic E-state index is 15.4. The van der Waals surface area contributed by atoms with E-state index in [0.29, 0.717) is 11.4 Å². The maximum atomic E-state index is 15.4. The van der Waals surface area contributed by atoms with Gasteiger partial charge in [0.05, 0.1) is 10.6 Å². The fraction of sp³-hybridized carbons (Fsp3) is 0.500. The molecular formula is C26H33Cl2FN2O2. The van der Waals surface area contributed by atoms with Crippen molar-refractivity contribution in [1.29, 1.82) is 0 Å². The lowest BCUT2D eigenvalue weighted by Gasteiger charge is -2.39. The standard InChI is InChI=1S/C26H33Cl2FN2O2/c1-24(2,3)14-19-26(30,15-10-12-16(27)13-11-15)20(17-8-7-9-18(28)21(17)29)22(31-19)23(32)33-25(4,5)6/h7-13,19-20,22,31H,14,30H2,1-6H3. The van der Waals surface area contributed by atoms with Crippen LogP contribution in [0.4, 0.5) is 4.39 Å². The molecule has 1 aliphatic heterocycles. The fourth-order valence-electron chi connectivity index (χ4n) is 4.67. The first kappa shape index (κ1) is 26.0. The third-order valence-electron chi connectivity index (χ3n) is 5.94. The molecule has 0 spiro atoms. The van der Waals surface area contributed by atoms with Gasteiger partial charge in [0, 0.05) is 17.0 Å². The molecule has 3 rings (SSSR count). The average molecular weight is 495 g/mol. The molecule has 7 heteroatoms. The van der Waals surface area contributed by atoms with Gasteiger partial charge in [0.25, 0.3) is 0 Å². The minimum atomic E-state index is -1.13. The van der Waals surface area contributed by atoms with Crippen LogP contribution in [0.2, 0.25) is 10.0 Å². The van der Waals surface area contributed by atoms with Crippen molar-refractivity contribution in [3.8, 4) is 0 Å². The molecule has 3 N–H and O–H groups in total. The van der Waals surface area contributed by atoms with Crippen LogP contribution < -0.4 is 11.1 Å². The minimum Gasteiger partial charge on any atom is -0.459 e. The van der Waals surface area contributed by atoms with Gasteiger partial charge in [-0.25, -0.2) is 4.39 Å². The highest BCUT2D eigenvalue weighted by Crippen LogP contribution is 2.49. The molecule has 0 saturated carbocycles. The van der Waals surface area contributed by atoms with Crippen LogP contribution in [-0.4, -0.2) is 23.7 Å². The van der Waals surface area contributed by atoms with Crippen molar-refractivity contribution in [3.63, 3.8) is 0 Å². The van der Waals surface area contributed by atoms with Crippen molar-refractivity contribution >= 4 is 29.2 Å². The Hall–Kier alpha value is -1.66. The van der Waals surface area contributed by atoms with E-state index < -0.39 is 34.9 Å². The Balaban J connectivity index is 2.25. The molecule has 1 heterocycles. The van der Waals surface area contributed by atoms with Crippen LogP contribution >= 0.6 is 23.2 Å². The summed E-state index contributed by atoms with van der Waals surface area (Å²) in [4.78, 5) is 13.4. The Kier molecular flexibility index (Phi) is 7.22.